The van der Waals surface area contributed by atoms with Crippen molar-refractivity contribution in [3.63, 3.8) is 0 Å². The van der Waals surface area contributed by atoms with Gasteiger partial charge in [-0.05, 0) is 37.7 Å². The smallest absolute Gasteiger partial charge is 0.123 e. The van der Waals surface area contributed by atoms with Gasteiger partial charge >= 0.3 is 0 Å². The summed E-state index contributed by atoms with van der Waals surface area (Å²) >= 11 is 1.99. The maximum absolute atomic E-state index is 9.82. The number of phenols is 1. The average molecular weight is 223 g/mol. The Morgan fingerprint density at radius 1 is 1.40 bits per heavy atom. The van der Waals surface area contributed by atoms with Crippen LogP contribution in [-0.2, 0) is 0 Å². The van der Waals surface area contributed by atoms with Gasteiger partial charge in [0.15, 0.2) is 0 Å². The Hall–Kier alpha value is -0.830. The highest BCUT2D eigenvalue weighted by Crippen LogP contribution is 2.30. The molecule has 1 aromatic rings. The van der Waals surface area contributed by atoms with Crippen LogP contribution in [0.4, 0.5) is 5.69 Å². The molecule has 1 aliphatic rings. The third-order valence-corrected chi connectivity index (χ3v) is 4.08. The molecular weight excluding hydrogens is 206 g/mol. The molecule has 2 N–H and O–H groups in total. The van der Waals surface area contributed by atoms with Crippen molar-refractivity contribution in [2.45, 2.75) is 26.3 Å². The van der Waals surface area contributed by atoms with Gasteiger partial charge in [0, 0.05) is 23.0 Å². The number of hydrogen-bond donors (Lipinski definition) is 2. The highest BCUT2D eigenvalue weighted by atomic mass is 32.2. The number of hydrogen-bond acceptors (Lipinski definition) is 3. The predicted molar refractivity (Wildman–Crippen MR) is 66.9 cm³/mol. The van der Waals surface area contributed by atoms with E-state index in [1.165, 1.54) is 17.9 Å². The fraction of sp³-hybridized carbons (Fsp3) is 0.500. The Kier molecular flexibility index (Phi) is 3.10. The minimum atomic E-state index is 0.422. The summed E-state index contributed by atoms with van der Waals surface area (Å²) in [6.07, 6.45) is 1.22. The molecule has 1 fully saturated rings. The zero-order valence-electron chi connectivity index (χ0n) is 9.21. The number of anilines is 1. The van der Waals surface area contributed by atoms with Gasteiger partial charge in [-0.3, -0.25) is 0 Å². The standard InChI is InChI=1S/C12H17NOS/c1-8-3-4-11(9(2)12(8)14)13-10-5-6-15-7-10/h3-4,10,13-14H,5-7H2,1-2H3. The van der Waals surface area contributed by atoms with Crippen LogP contribution in [0.15, 0.2) is 12.1 Å². The summed E-state index contributed by atoms with van der Waals surface area (Å²) in [6.45, 7) is 3.89. The van der Waals surface area contributed by atoms with E-state index >= 15 is 0 Å². The normalized spacial score (nSPS) is 20.5. The van der Waals surface area contributed by atoms with Crippen LogP contribution in [0.2, 0.25) is 0 Å². The molecule has 1 atom stereocenters. The van der Waals surface area contributed by atoms with Crippen molar-refractivity contribution in [3.8, 4) is 5.75 Å². The fourth-order valence-corrected chi connectivity index (χ4v) is 3.01. The van der Waals surface area contributed by atoms with Crippen molar-refractivity contribution in [1.82, 2.24) is 0 Å². The van der Waals surface area contributed by atoms with Crippen molar-refractivity contribution < 1.29 is 5.11 Å². The molecule has 0 amide bonds. The van der Waals surface area contributed by atoms with Crippen LogP contribution in [0.25, 0.3) is 0 Å². The lowest BCUT2D eigenvalue weighted by Crippen LogP contribution is -2.18. The topological polar surface area (TPSA) is 32.3 Å². The van der Waals surface area contributed by atoms with E-state index in [2.05, 4.69) is 11.4 Å². The number of aromatic hydroxyl groups is 1. The molecule has 1 saturated heterocycles. The van der Waals surface area contributed by atoms with Gasteiger partial charge in [-0.1, -0.05) is 6.07 Å². The number of rotatable bonds is 2. The number of nitrogens with one attached hydrogen (secondary N) is 1. The van der Waals surface area contributed by atoms with Gasteiger partial charge in [0.05, 0.1) is 0 Å². The molecule has 0 aromatic heterocycles. The molecule has 1 unspecified atom stereocenters. The van der Waals surface area contributed by atoms with Crippen molar-refractivity contribution in [1.29, 1.82) is 0 Å². The van der Waals surface area contributed by atoms with E-state index in [1.807, 2.05) is 31.7 Å². The van der Waals surface area contributed by atoms with Crippen molar-refractivity contribution in [3.05, 3.63) is 23.3 Å². The van der Waals surface area contributed by atoms with Gasteiger partial charge in [0.25, 0.3) is 0 Å². The molecule has 0 spiro atoms. The molecule has 2 nitrogen and oxygen atoms in total. The quantitative estimate of drug-likeness (QED) is 0.808. The van der Waals surface area contributed by atoms with Gasteiger partial charge in [0.1, 0.15) is 5.75 Å². The lowest BCUT2D eigenvalue weighted by molar-refractivity contribution is 0.467. The van der Waals surface area contributed by atoms with Crippen LogP contribution in [0.1, 0.15) is 17.5 Å². The molecule has 15 heavy (non-hydrogen) atoms. The second-order valence-electron chi connectivity index (χ2n) is 4.11. The second-order valence-corrected chi connectivity index (χ2v) is 5.26. The molecule has 1 aliphatic heterocycles. The van der Waals surface area contributed by atoms with Gasteiger partial charge < -0.3 is 10.4 Å². The zero-order valence-corrected chi connectivity index (χ0v) is 10.0. The van der Waals surface area contributed by atoms with Crippen LogP contribution in [0.5, 0.6) is 5.75 Å². The van der Waals surface area contributed by atoms with Gasteiger partial charge in [-0.2, -0.15) is 11.8 Å². The largest absolute Gasteiger partial charge is 0.507 e. The van der Waals surface area contributed by atoms with Crippen LogP contribution < -0.4 is 5.32 Å². The van der Waals surface area contributed by atoms with Crippen molar-refractivity contribution >= 4 is 17.4 Å². The van der Waals surface area contributed by atoms with E-state index in [-0.39, 0.29) is 0 Å². The minimum absolute atomic E-state index is 0.422. The molecule has 0 bridgehead atoms. The number of phenolic OH excluding ortho intramolecular Hbond substituents is 1. The van der Waals surface area contributed by atoms with Gasteiger partial charge in [-0.25, -0.2) is 0 Å². The monoisotopic (exact) mass is 223 g/mol. The predicted octanol–water partition coefficient (Wildman–Crippen LogP) is 2.93. The summed E-state index contributed by atoms with van der Waals surface area (Å²) in [5.41, 5.74) is 2.98. The van der Waals surface area contributed by atoms with E-state index in [1.54, 1.807) is 0 Å². The Bertz CT molecular complexity index is 359. The minimum Gasteiger partial charge on any atom is -0.507 e. The van der Waals surface area contributed by atoms with Gasteiger partial charge in [-0.15, -0.1) is 0 Å². The third-order valence-electron chi connectivity index (χ3n) is 2.92. The number of benzene rings is 1. The molecule has 1 heterocycles. The lowest BCUT2D eigenvalue weighted by atomic mass is 10.1. The first-order valence-electron chi connectivity index (χ1n) is 5.32. The first kappa shape index (κ1) is 10.7. The summed E-state index contributed by atoms with van der Waals surface area (Å²) in [5, 5.41) is 13.3. The lowest BCUT2D eigenvalue weighted by Gasteiger charge is -2.16. The molecule has 0 radical (unpaired) electrons. The molecule has 82 valence electrons. The molecule has 1 aromatic carbocycles. The highest BCUT2D eigenvalue weighted by Gasteiger charge is 2.16. The summed E-state index contributed by atoms with van der Waals surface area (Å²) in [6, 6.07) is 4.59. The number of aryl methyl sites for hydroxylation is 1. The van der Waals surface area contributed by atoms with Crippen LogP contribution in [0, 0.1) is 13.8 Å². The first-order valence-corrected chi connectivity index (χ1v) is 6.47. The van der Waals surface area contributed by atoms with Crippen LogP contribution >= 0.6 is 11.8 Å². The number of thioether (sulfide) groups is 1. The van der Waals surface area contributed by atoms with E-state index in [9.17, 15) is 5.11 Å². The molecule has 2 rings (SSSR count). The molecule has 0 saturated carbocycles. The van der Waals surface area contributed by atoms with E-state index in [0.29, 0.717) is 11.8 Å². The van der Waals surface area contributed by atoms with E-state index < -0.39 is 0 Å². The first-order chi connectivity index (χ1) is 7.18. The summed E-state index contributed by atoms with van der Waals surface area (Å²) < 4.78 is 0. The molecule has 0 aliphatic carbocycles. The van der Waals surface area contributed by atoms with E-state index in [4.69, 9.17) is 0 Å². The van der Waals surface area contributed by atoms with E-state index in [0.717, 1.165) is 16.8 Å². The summed E-state index contributed by atoms with van der Waals surface area (Å²) in [4.78, 5) is 0. The Morgan fingerprint density at radius 2 is 2.20 bits per heavy atom. The SMILES string of the molecule is Cc1ccc(NC2CCSC2)c(C)c1O. The summed E-state index contributed by atoms with van der Waals surface area (Å²) in [5.74, 6) is 2.84. The van der Waals surface area contributed by atoms with Crippen molar-refractivity contribution in [2.75, 3.05) is 16.8 Å². The maximum atomic E-state index is 9.82. The fourth-order valence-electron chi connectivity index (χ4n) is 1.86. The van der Waals surface area contributed by atoms with Crippen LogP contribution in [0.3, 0.4) is 0 Å². The zero-order chi connectivity index (χ0) is 10.8. The maximum Gasteiger partial charge on any atom is 0.123 e. The Morgan fingerprint density at radius 3 is 2.87 bits per heavy atom. The Labute approximate surface area is 95.1 Å². The second kappa shape index (κ2) is 4.35. The highest BCUT2D eigenvalue weighted by molar-refractivity contribution is 7.99. The van der Waals surface area contributed by atoms with Crippen LogP contribution in [-0.4, -0.2) is 22.7 Å². The molecule has 3 heteroatoms. The average Bonchev–Trinajstić information content (AvgIpc) is 2.72. The summed E-state index contributed by atoms with van der Waals surface area (Å²) in [7, 11) is 0. The Balaban J connectivity index is 2.17. The third kappa shape index (κ3) is 2.23. The van der Waals surface area contributed by atoms with Crippen molar-refractivity contribution in [2.24, 2.45) is 0 Å². The molecular formula is C12H17NOS. The van der Waals surface area contributed by atoms with Gasteiger partial charge in [0.2, 0.25) is 0 Å².